The van der Waals surface area contributed by atoms with Gasteiger partial charge >= 0.3 is 0 Å². The van der Waals surface area contributed by atoms with Gasteiger partial charge in [0.05, 0.1) is 12.8 Å². The molecule has 2 fully saturated rings. The molecule has 0 unspecified atom stereocenters. The number of benzene rings is 1. The summed E-state index contributed by atoms with van der Waals surface area (Å²) >= 11 is 0. The van der Waals surface area contributed by atoms with Crippen molar-refractivity contribution in [2.24, 2.45) is 0 Å². The number of piperazine rings is 1. The summed E-state index contributed by atoms with van der Waals surface area (Å²) in [5.41, 5.74) is 0.828. The van der Waals surface area contributed by atoms with Gasteiger partial charge in [0.25, 0.3) is 5.56 Å². The minimum Gasteiger partial charge on any atom is -0.495 e. The van der Waals surface area contributed by atoms with Gasteiger partial charge < -0.3 is 19.9 Å². The molecule has 160 valence electrons. The quantitative estimate of drug-likeness (QED) is 0.779. The van der Waals surface area contributed by atoms with Crippen molar-refractivity contribution in [1.29, 1.82) is 0 Å². The first-order valence-electron chi connectivity index (χ1n) is 10.6. The Labute approximate surface area is 176 Å². The maximum atomic E-state index is 12.3. The number of ether oxygens (including phenoxy) is 1. The van der Waals surface area contributed by atoms with E-state index in [1.165, 1.54) is 10.7 Å². The molecule has 0 atom stereocenters. The van der Waals surface area contributed by atoms with Gasteiger partial charge in [0.15, 0.2) is 0 Å². The van der Waals surface area contributed by atoms with Gasteiger partial charge in [0, 0.05) is 38.3 Å². The molecule has 4 rings (SSSR count). The maximum Gasteiger partial charge on any atom is 0.267 e. The van der Waals surface area contributed by atoms with Crippen molar-refractivity contribution in [3.63, 3.8) is 0 Å². The highest BCUT2D eigenvalue weighted by atomic mass is 16.5. The Balaban J connectivity index is 1.39. The van der Waals surface area contributed by atoms with Crippen LogP contribution in [0.2, 0.25) is 0 Å². The topological polar surface area (TPSA) is 79.7 Å². The first-order chi connectivity index (χ1) is 14.6. The number of para-hydroxylation sites is 2. The predicted octanol–water partition coefficient (Wildman–Crippen LogP) is 1.64. The summed E-state index contributed by atoms with van der Waals surface area (Å²) in [7, 11) is 1.69. The van der Waals surface area contributed by atoms with Crippen LogP contribution in [-0.4, -0.2) is 55.0 Å². The lowest BCUT2D eigenvalue weighted by Crippen LogP contribution is -2.47. The van der Waals surface area contributed by atoms with E-state index >= 15 is 0 Å². The van der Waals surface area contributed by atoms with E-state index in [4.69, 9.17) is 4.74 Å². The van der Waals surface area contributed by atoms with Gasteiger partial charge in [0.1, 0.15) is 18.1 Å². The zero-order valence-electron chi connectivity index (χ0n) is 17.4. The molecule has 2 aliphatic rings. The molecular formula is C22H29N5O3. The Morgan fingerprint density at radius 3 is 2.50 bits per heavy atom. The minimum atomic E-state index is -0.257. The third-order valence-electron chi connectivity index (χ3n) is 5.90. The molecule has 1 aliphatic carbocycles. The lowest BCUT2D eigenvalue weighted by molar-refractivity contribution is -0.122. The number of hydrogen-bond donors (Lipinski definition) is 1. The second-order valence-electron chi connectivity index (χ2n) is 7.88. The minimum absolute atomic E-state index is 0.0373. The normalized spacial score (nSPS) is 17.2. The lowest BCUT2D eigenvalue weighted by atomic mass is 10.2. The van der Waals surface area contributed by atoms with E-state index in [0.717, 1.165) is 69.1 Å². The summed E-state index contributed by atoms with van der Waals surface area (Å²) in [5.74, 6) is 1.45. The number of anilines is 2. The smallest absolute Gasteiger partial charge is 0.267 e. The molecule has 8 heteroatoms. The number of hydrogen-bond acceptors (Lipinski definition) is 6. The van der Waals surface area contributed by atoms with Crippen molar-refractivity contribution in [2.45, 2.75) is 38.3 Å². The van der Waals surface area contributed by atoms with Gasteiger partial charge in [-0.3, -0.25) is 9.59 Å². The van der Waals surface area contributed by atoms with E-state index in [9.17, 15) is 9.59 Å². The Morgan fingerprint density at radius 2 is 1.77 bits per heavy atom. The van der Waals surface area contributed by atoms with Gasteiger partial charge in [0.2, 0.25) is 5.91 Å². The SMILES string of the molecule is COc1ccccc1N1CCN(c2ccc(=O)n(CC(=O)NC3CCCC3)n2)CC1. The zero-order valence-corrected chi connectivity index (χ0v) is 17.4. The molecule has 1 aromatic carbocycles. The van der Waals surface area contributed by atoms with Crippen LogP contribution in [0.4, 0.5) is 11.5 Å². The van der Waals surface area contributed by atoms with Gasteiger partial charge in [-0.15, -0.1) is 0 Å². The summed E-state index contributed by atoms with van der Waals surface area (Å²) in [4.78, 5) is 29.0. The molecule has 2 aromatic rings. The van der Waals surface area contributed by atoms with Crippen molar-refractivity contribution in [3.8, 4) is 5.75 Å². The van der Waals surface area contributed by atoms with Gasteiger partial charge in [-0.2, -0.15) is 5.10 Å². The van der Waals surface area contributed by atoms with Crippen molar-refractivity contribution in [3.05, 3.63) is 46.8 Å². The van der Waals surface area contributed by atoms with Crippen LogP contribution in [-0.2, 0) is 11.3 Å². The fraction of sp³-hybridized carbons (Fsp3) is 0.500. The van der Waals surface area contributed by atoms with Crippen LogP contribution in [0, 0.1) is 0 Å². The summed E-state index contributed by atoms with van der Waals surface area (Å²) in [5, 5.41) is 7.49. The molecule has 1 saturated carbocycles. The van der Waals surface area contributed by atoms with Gasteiger partial charge in [-0.05, 0) is 31.0 Å². The third kappa shape index (κ3) is 4.58. The number of nitrogens with zero attached hydrogens (tertiary/aromatic N) is 4. The second-order valence-corrected chi connectivity index (χ2v) is 7.88. The number of carbonyl (C=O) groups is 1. The Kier molecular flexibility index (Phi) is 6.21. The fourth-order valence-corrected chi connectivity index (χ4v) is 4.27. The standard InChI is InChI=1S/C22H29N5O3/c1-30-19-9-5-4-8-18(19)25-12-14-26(15-13-25)20-10-11-22(29)27(24-20)16-21(28)23-17-6-2-3-7-17/h4-5,8-11,17H,2-3,6-7,12-16H2,1H3,(H,23,28). The average Bonchev–Trinajstić information content (AvgIpc) is 3.28. The third-order valence-corrected chi connectivity index (χ3v) is 5.90. The van der Waals surface area contributed by atoms with Crippen LogP contribution in [0.5, 0.6) is 5.75 Å². The second kappa shape index (κ2) is 9.19. The highest BCUT2D eigenvalue weighted by Crippen LogP contribution is 2.28. The highest BCUT2D eigenvalue weighted by Gasteiger charge is 2.22. The first kappa shape index (κ1) is 20.3. The Hall–Kier alpha value is -3.03. The molecule has 1 aromatic heterocycles. The van der Waals surface area contributed by atoms with E-state index < -0.39 is 0 Å². The molecule has 0 radical (unpaired) electrons. The highest BCUT2D eigenvalue weighted by molar-refractivity contribution is 5.76. The lowest BCUT2D eigenvalue weighted by Gasteiger charge is -2.37. The first-order valence-corrected chi connectivity index (χ1v) is 10.6. The van der Waals surface area contributed by atoms with Crippen LogP contribution < -0.4 is 25.4 Å². The molecule has 2 heterocycles. The molecule has 1 N–H and O–H groups in total. The summed E-state index contributed by atoms with van der Waals surface area (Å²) in [6.07, 6.45) is 4.34. The van der Waals surface area contributed by atoms with E-state index in [2.05, 4.69) is 26.3 Å². The van der Waals surface area contributed by atoms with Crippen molar-refractivity contribution < 1.29 is 9.53 Å². The maximum absolute atomic E-state index is 12.3. The molecule has 1 aliphatic heterocycles. The van der Waals surface area contributed by atoms with E-state index in [0.29, 0.717) is 0 Å². The summed E-state index contributed by atoms with van der Waals surface area (Å²) in [6, 6.07) is 11.5. The zero-order chi connectivity index (χ0) is 20.9. The fourth-order valence-electron chi connectivity index (χ4n) is 4.27. The summed E-state index contributed by atoms with van der Waals surface area (Å²) in [6.45, 7) is 3.16. The van der Waals surface area contributed by atoms with Crippen LogP contribution >= 0.6 is 0 Å². The van der Waals surface area contributed by atoms with Gasteiger partial charge in [-0.1, -0.05) is 25.0 Å². The van der Waals surface area contributed by atoms with Crippen molar-refractivity contribution in [1.82, 2.24) is 15.1 Å². The number of rotatable bonds is 6. The van der Waals surface area contributed by atoms with Crippen LogP contribution in [0.15, 0.2) is 41.2 Å². The largest absolute Gasteiger partial charge is 0.495 e. The molecule has 1 saturated heterocycles. The Morgan fingerprint density at radius 1 is 1.07 bits per heavy atom. The van der Waals surface area contributed by atoms with Crippen LogP contribution in [0.25, 0.3) is 0 Å². The molecule has 30 heavy (non-hydrogen) atoms. The molecule has 1 amide bonds. The number of carbonyl (C=O) groups excluding carboxylic acids is 1. The Bertz CT molecular complexity index is 930. The predicted molar refractivity (Wildman–Crippen MR) is 116 cm³/mol. The molecular weight excluding hydrogens is 382 g/mol. The van der Waals surface area contributed by atoms with Crippen LogP contribution in [0.3, 0.4) is 0 Å². The monoisotopic (exact) mass is 411 g/mol. The molecule has 8 nitrogen and oxygen atoms in total. The number of nitrogens with one attached hydrogen (secondary N) is 1. The molecule has 0 bridgehead atoms. The number of methoxy groups -OCH3 is 1. The van der Waals surface area contributed by atoms with Crippen molar-refractivity contribution >= 4 is 17.4 Å². The number of aromatic nitrogens is 2. The number of amides is 1. The average molecular weight is 412 g/mol. The molecule has 0 spiro atoms. The summed E-state index contributed by atoms with van der Waals surface area (Å²) < 4.78 is 6.75. The van der Waals surface area contributed by atoms with E-state index in [1.807, 2.05) is 18.2 Å². The van der Waals surface area contributed by atoms with Crippen LogP contribution in [0.1, 0.15) is 25.7 Å². The van der Waals surface area contributed by atoms with Gasteiger partial charge in [-0.25, -0.2) is 4.68 Å². The van der Waals surface area contributed by atoms with E-state index in [1.54, 1.807) is 13.2 Å². The van der Waals surface area contributed by atoms with E-state index in [-0.39, 0.29) is 24.1 Å². The van der Waals surface area contributed by atoms with Crippen molar-refractivity contribution in [2.75, 3.05) is 43.1 Å².